The van der Waals surface area contributed by atoms with Crippen LogP contribution in [0, 0.1) is 32.5 Å². The van der Waals surface area contributed by atoms with Crippen molar-refractivity contribution in [1.82, 2.24) is 0 Å². The number of rotatable bonds is 16. The molecule has 73 heavy (non-hydrogen) atoms. The highest BCUT2D eigenvalue weighted by atomic mass is 16.6. The van der Waals surface area contributed by atoms with E-state index in [9.17, 15) is 9.59 Å². The number of ketones is 2. The average Bonchev–Trinajstić information content (AvgIpc) is 3.42. The van der Waals surface area contributed by atoms with Crippen LogP contribution in [0.2, 0.25) is 0 Å². The molecule has 4 aliphatic rings. The summed E-state index contributed by atoms with van der Waals surface area (Å²) in [6.07, 6.45) is -1.01. The van der Waals surface area contributed by atoms with E-state index < -0.39 is 94.4 Å². The fraction of sp³-hybridized carbons (Fsp3) is 0.361. The van der Waals surface area contributed by atoms with Gasteiger partial charge < -0.3 is 23.7 Å². The quantitative estimate of drug-likeness (QED) is 0.0679. The maximum atomic E-state index is 16.8. The normalized spacial score (nSPS) is 27.0. The monoisotopic (exact) mass is 984 g/mol. The van der Waals surface area contributed by atoms with Crippen LogP contribution in [-0.2, 0) is 90.3 Å². The van der Waals surface area contributed by atoms with Crippen molar-refractivity contribution >= 4 is 41.4 Å². The molecule has 3 saturated carbocycles. The van der Waals surface area contributed by atoms with E-state index in [1.165, 1.54) is 6.92 Å². The van der Waals surface area contributed by atoms with Gasteiger partial charge in [0, 0.05) is 18.3 Å². The van der Waals surface area contributed by atoms with E-state index in [0.29, 0.717) is 27.8 Å². The van der Waals surface area contributed by atoms with Crippen molar-refractivity contribution in [3.63, 3.8) is 0 Å². The molecule has 4 aliphatic carbocycles. The number of ether oxygens (including phenoxy) is 5. The molecule has 0 N–H and O–H groups in total. The SMILES string of the molecule is CC(=O)C1=CCCC2(C(=O)OCc3ccccc3)C3(C(=O)OCc4ccccc4)CCC4(C(=O)OCc5ccccc5)CC(=O)CCC4(C(=O)OCc4ccccc4)C3(C(=O)OCc3ccccc3)CC[C@]12C. The average molecular weight is 985 g/mol. The minimum atomic E-state index is -2.55. The highest BCUT2D eigenvalue weighted by Crippen LogP contribution is 2.84. The molecule has 12 nitrogen and oxygen atoms in total. The lowest BCUT2D eigenvalue weighted by Crippen LogP contribution is -2.83. The van der Waals surface area contributed by atoms with Crippen molar-refractivity contribution in [3.8, 4) is 0 Å². The van der Waals surface area contributed by atoms with Gasteiger partial charge in [-0.15, -0.1) is 0 Å². The fourth-order valence-corrected chi connectivity index (χ4v) is 13.7. The van der Waals surface area contributed by atoms with Crippen LogP contribution < -0.4 is 0 Å². The van der Waals surface area contributed by atoms with Crippen LogP contribution in [0.1, 0.15) is 99.5 Å². The fourth-order valence-electron chi connectivity index (χ4n) is 13.7. The Hall–Kier alpha value is -7.47. The predicted octanol–water partition coefficient (Wildman–Crippen LogP) is 10.3. The van der Waals surface area contributed by atoms with Crippen molar-refractivity contribution in [1.29, 1.82) is 0 Å². The number of allylic oxidation sites excluding steroid dienone is 2. The maximum absolute atomic E-state index is 16.8. The number of hydrogen-bond donors (Lipinski definition) is 0. The van der Waals surface area contributed by atoms with Gasteiger partial charge in [-0.1, -0.05) is 165 Å². The molecule has 0 spiro atoms. The molecule has 5 unspecified atom stereocenters. The highest BCUT2D eigenvalue weighted by molar-refractivity contribution is 6.06. The van der Waals surface area contributed by atoms with Crippen molar-refractivity contribution in [3.05, 3.63) is 191 Å². The van der Waals surface area contributed by atoms with E-state index in [2.05, 4.69) is 0 Å². The van der Waals surface area contributed by atoms with Crippen LogP contribution in [0.15, 0.2) is 163 Å². The van der Waals surface area contributed by atoms with Gasteiger partial charge in [0.1, 0.15) is 55.1 Å². The van der Waals surface area contributed by atoms with Gasteiger partial charge in [0.2, 0.25) is 0 Å². The van der Waals surface area contributed by atoms with E-state index in [1.54, 1.807) is 140 Å². The second kappa shape index (κ2) is 20.6. The summed E-state index contributed by atoms with van der Waals surface area (Å²) in [5.74, 6) is -5.66. The molecule has 12 heteroatoms. The van der Waals surface area contributed by atoms with Crippen molar-refractivity contribution in [2.45, 2.75) is 105 Å². The first kappa shape index (κ1) is 50.5. The number of esters is 5. The molecule has 0 amide bonds. The molecule has 0 heterocycles. The van der Waals surface area contributed by atoms with Gasteiger partial charge in [0.05, 0.1) is 10.8 Å². The second-order valence-electron chi connectivity index (χ2n) is 20.3. The van der Waals surface area contributed by atoms with Gasteiger partial charge in [-0.05, 0) is 85.3 Å². The number of fused-ring (bicyclic) bond motifs is 5. The predicted molar refractivity (Wildman–Crippen MR) is 267 cm³/mol. The minimum Gasteiger partial charge on any atom is -0.460 e. The molecule has 6 atom stereocenters. The Labute approximate surface area is 425 Å². The van der Waals surface area contributed by atoms with E-state index >= 15 is 24.0 Å². The summed E-state index contributed by atoms with van der Waals surface area (Å²) in [7, 11) is 0. The smallest absolute Gasteiger partial charge is 0.314 e. The van der Waals surface area contributed by atoms with Crippen molar-refractivity contribution < 1.29 is 57.2 Å². The first-order valence-corrected chi connectivity index (χ1v) is 25.1. The molecule has 9 rings (SSSR count). The lowest BCUT2D eigenvalue weighted by Gasteiger charge is -2.74. The van der Waals surface area contributed by atoms with E-state index in [0.717, 1.165) is 0 Å². The van der Waals surface area contributed by atoms with Gasteiger partial charge in [-0.25, -0.2) is 0 Å². The summed E-state index contributed by atoms with van der Waals surface area (Å²) in [6.45, 7) is 1.71. The van der Waals surface area contributed by atoms with Gasteiger partial charge in [-0.3, -0.25) is 33.6 Å². The molecular weight excluding hydrogens is 925 g/mol. The molecule has 0 saturated heterocycles. The number of benzene rings is 5. The van der Waals surface area contributed by atoms with E-state index in [-0.39, 0.29) is 75.9 Å². The maximum Gasteiger partial charge on any atom is 0.314 e. The Balaban J connectivity index is 1.36. The number of hydrogen-bond acceptors (Lipinski definition) is 12. The Bertz CT molecular complexity index is 2900. The second-order valence-corrected chi connectivity index (χ2v) is 20.3. The van der Waals surface area contributed by atoms with Gasteiger partial charge >= 0.3 is 29.8 Å². The standard InChI is InChI=1S/C61H60O12/c1-43(62)50-29-18-31-58(52(65)70-39-45-21-10-4-11-22-45)56(50,2)33-35-61(55(68)73-42-48-27-16-7-17-28-48)59(53(66)71-40-46-23-12-5-13-24-46)32-30-49(63)37-57(59,51(64)69-38-44-19-8-3-9-20-44)34-36-60(58,61)54(67)72-41-47-25-14-6-15-26-47/h3-17,19-29H,18,30-42H2,1-2H3/t56-,57?,58?,59?,60?,61?/m1/s1. The summed E-state index contributed by atoms with van der Waals surface area (Å²) in [5.41, 5.74) is -10.1. The Morgan fingerprint density at radius 1 is 0.411 bits per heavy atom. The van der Waals surface area contributed by atoms with Crippen LogP contribution in [0.4, 0.5) is 0 Å². The van der Waals surface area contributed by atoms with E-state index in [1.807, 2.05) is 24.3 Å². The molecule has 3 fully saturated rings. The summed E-state index contributed by atoms with van der Waals surface area (Å²) >= 11 is 0. The molecule has 5 aromatic rings. The zero-order chi connectivity index (χ0) is 51.3. The molecule has 0 bridgehead atoms. The van der Waals surface area contributed by atoms with Crippen LogP contribution in [0.5, 0.6) is 0 Å². The third kappa shape index (κ3) is 8.28. The summed E-state index contributed by atoms with van der Waals surface area (Å²) in [6, 6.07) is 44.6. The third-order valence-electron chi connectivity index (χ3n) is 16.8. The van der Waals surface area contributed by atoms with Crippen LogP contribution >= 0.6 is 0 Å². The number of carbonyl (C=O) groups excluding carboxylic acids is 7. The van der Waals surface area contributed by atoms with Gasteiger partial charge in [0.15, 0.2) is 5.78 Å². The summed E-state index contributed by atoms with van der Waals surface area (Å²) < 4.78 is 32.3. The summed E-state index contributed by atoms with van der Waals surface area (Å²) in [5, 5.41) is 0. The van der Waals surface area contributed by atoms with Crippen LogP contribution in [0.3, 0.4) is 0 Å². The molecule has 0 aliphatic heterocycles. The van der Waals surface area contributed by atoms with Crippen LogP contribution in [0.25, 0.3) is 0 Å². The molecular formula is C61H60O12. The molecule has 5 aromatic carbocycles. The molecule has 0 aromatic heterocycles. The first-order chi connectivity index (χ1) is 35.3. The highest BCUT2D eigenvalue weighted by Gasteiger charge is 2.92. The minimum absolute atomic E-state index is 0.0853. The molecule has 376 valence electrons. The van der Waals surface area contributed by atoms with Crippen LogP contribution in [-0.4, -0.2) is 41.4 Å². The van der Waals surface area contributed by atoms with Crippen molar-refractivity contribution in [2.75, 3.05) is 0 Å². The number of Topliss-reactive ketones (excluding diaryl/α,β-unsaturated/α-hetero) is 2. The third-order valence-corrected chi connectivity index (χ3v) is 16.8. The van der Waals surface area contributed by atoms with Gasteiger partial charge in [0.25, 0.3) is 0 Å². The van der Waals surface area contributed by atoms with Crippen molar-refractivity contribution in [2.24, 2.45) is 32.5 Å². The Morgan fingerprint density at radius 2 is 0.753 bits per heavy atom. The lowest BCUT2D eigenvalue weighted by atomic mass is 9.24. The van der Waals surface area contributed by atoms with Gasteiger partial charge in [-0.2, -0.15) is 0 Å². The first-order valence-electron chi connectivity index (χ1n) is 25.1. The van der Waals surface area contributed by atoms with E-state index in [4.69, 9.17) is 23.7 Å². The Morgan fingerprint density at radius 3 is 1.15 bits per heavy atom. The molecule has 0 radical (unpaired) electrons. The topological polar surface area (TPSA) is 166 Å². The summed E-state index contributed by atoms with van der Waals surface area (Å²) in [4.78, 5) is 111. The lowest BCUT2D eigenvalue weighted by molar-refractivity contribution is -0.297. The zero-order valence-corrected chi connectivity index (χ0v) is 41.3. The Kier molecular flexibility index (Phi) is 14.2. The largest absolute Gasteiger partial charge is 0.460 e. The zero-order valence-electron chi connectivity index (χ0n) is 41.3. The number of carbonyl (C=O) groups is 7.